The fourth-order valence-electron chi connectivity index (χ4n) is 1.02. The number of primary amides is 1. The molecule has 0 saturated heterocycles. The molecule has 0 fully saturated rings. The van der Waals surface area contributed by atoms with Crippen molar-refractivity contribution in [3.05, 3.63) is 11.9 Å². The molecule has 1 heterocycles. The van der Waals surface area contributed by atoms with Gasteiger partial charge in [-0.2, -0.15) is 5.10 Å². The summed E-state index contributed by atoms with van der Waals surface area (Å²) < 4.78 is 11.4. The van der Waals surface area contributed by atoms with Gasteiger partial charge in [0.2, 0.25) is 0 Å². The second kappa shape index (κ2) is 4.61. The summed E-state index contributed by atoms with van der Waals surface area (Å²) in [6, 6.07) is 0. The molecule has 0 aliphatic heterocycles. The molecule has 1 aromatic heterocycles. The average molecular weight is 199 g/mol. The molecule has 6 heteroatoms. The first-order valence-corrected chi connectivity index (χ1v) is 4.09. The molecule has 0 spiro atoms. The second-order valence-corrected chi connectivity index (χ2v) is 2.67. The highest BCUT2D eigenvalue weighted by molar-refractivity contribution is 5.93. The number of hydrogen-bond donors (Lipinski definition) is 1. The first kappa shape index (κ1) is 10.5. The Morgan fingerprint density at radius 2 is 2.36 bits per heavy atom. The summed E-state index contributed by atoms with van der Waals surface area (Å²) in [5, 5.41) is 3.96. The molecule has 0 bridgehead atoms. The van der Waals surface area contributed by atoms with Gasteiger partial charge in [0.15, 0.2) is 11.4 Å². The maximum Gasteiger partial charge on any atom is 0.273 e. The molecule has 0 aliphatic carbocycles. The van der Waals surface area contributed by atoms with Gasteiger partial charge in [-0.25, -0.2) is 0 Å². The first-order valence-electron chi connectivity index (χ1n) is 4.09. The fraction of sp³-hybridized carbons (Fsp3) is 0.500. The summed E-state index contributed by atoms with van der Waals surface area (Å²) in [4.78, 5) is 10.9. The van der Waals surface area contributed by atoms with Gasteiger partial charge in [0.05, 0.1) is 26.5 Å². The summed E-state index contributed by atoms with van der Waals surface area (Å²) in [7, 11) is 3.06. The van der Waals surface area contributed by atoms with E-state index in [2.05, 4.69) is 5.10 Å². The topological polar surface area (TPSA) is 79.4 Å². The van der Waals surface area contributed by atoms with Crippen molar-refractivity contribution in [2.75, 3.05) is 20.8 Å². The van der Waals surface area contributed by atoms with Crippen molar-refractivity contribution in [2.24, 2.45) is 5.73 Å². The van der Waals surface area contributed by atoms with E-state index >= 15 is 0 Å². The third-order valence-corrected chi connectivity index (χ3v) is 1.71. The maximum absolute atomic E-state index is 10.9. The Morgan fingerprint density at radius 1 is 1.64 bits per heavy atom. The Balaban J connectivity index is 2.83. The highest BCUT2D eigenvalue weighted by Crippen LogP contribution is 2.14. The van der Waals surface area contributed by atoms with Crippen LogP contribution in [0.4, 0.5) is 0 Å². The van der Waals surface area contributed by atoms with Crippen molar-refractivity contribution >= 4 is 5.91 Å². The van der Waals surface area contributed by atoms with E-state index in [0.717, 1.165) is 0 Å². The quantitative estimate of drug-likeness (QED) is 0.702. The van der Waals surface area contributed by atoms with Gasteiger partial charge < -0.3 is 15.2 Å². The minimum Gasteiger partial charge on any atom is -0.493 e. The lowest BCUT2D eigenvalue weighted by Gasteiger charge is -1.97. The van der Waals surface area contributed by atoms with Crippen LogP contribution in [0.3, 0.4) is 0 Å². The molecule has 78 valence electrons. The number of carbonyl (C=O) groups excluding carboxylic acids is 1. The molecule has 1 aromatic rings. The minimum absolute atomic E-state index is 0.142. The Labute approximate surface area is 81.6 Å². The van der Waals surface area contributed by atoms with Gasteiger partial charge in [-0.05, 0) is 0 Å². The summed E-state index contributed by atoms with van der Waals surface area (Å²) in [5.41, 5.74) is 5.25. The Bertz CT molecular complexity index is 322. The number of nitrogens with two attached hydrogens (primary N) is 1. The lowest BCUT2D eigenvalue weighted by Crippen LogP contribution is -2.14. The van der Waals surface area contributed by atoms with E-state index in [1.54, 1.807) is 18.0 Å². The van der Waals surface area contributed by atoms with E-state index in [1.807, 2.05) is 0 Å². The number of hydrogen-bond acceptors (Lipinski definition) is 4. The highest BCUT2D eigenvalue weighted by Gasteiger charge is 2.13. The number of aromatic nitrogens is 2. The summed E-state index contributed by atoms with van der Waals surface area (Å²) in [6.45, 7) is 1.07. The van der Waals surface area contributed by atoms with Crippen LogP contribution in [0, 0.1) is 0 Å². The Hall–Kier alpha value is -1.56. The highest BCUT2D eigenvalue weighted by atomic mass is 16.5. The third-order valence-electron chi connectivity index (χ3n) is 1.71. The van der Waals surface area contributed by atoms with Gasteiger partial charge in [-0.15, -0.1) is 0 Å². The summed E-state index contributed by atoms with van der Waals surface area (Å²) in [5.74, 6) is -0.216. The van der Waals surface area contributed by atoms with Crippen molar-refractivity contribution in [3.63, 3.8) is 0 Å². The van der Waals surface area contributed by atoms with Crippen molar-refractivity contribution in [1.29, 1.82) is 0 Å². The SMILES string of the molecule is COCCn1cc(OC)c(C(N)=O)n1. The van der Waals surface area contributed by atoms with Crippen LogP contribution in [0.2, 0.25) is 0 Å². The van der Waals surface area contributed by atoms with Crippen molar-refractivity contribution in [1.82, 2.24) is 9.78 Å². The average Bonchev–Trinajstić information content (AvgIpc) is 2.57. The maximum atomic E-state index is 10.9. The number of ether oxygens (including phenoxy) is 2. The van der Waals surface area contributed by atoms with Crippen LogP contribution in [-0.4, -0.2) is 36.5 Å². The summed E-state index contributed by atoms with van der Waals surface area (Å²) >= 11 is 0. The molecule has 2 N–H and O–H groups in total. The second-order valence-electron chi connectivity index (χ2n) is 2.67. The van der Waals surface area contributed by atoms with Crippen LogP contribution in [0.1, 0.15) is 10.5 Å². The molecule has 1 rings (SSSR count). The molecule has 0 aliphatic rings. The van der Waals surface area contributed by atoms with Crippen LogP contribution >= 0.6 is 0 Å². The first-order chi connectivity index (χ1) is 6.69. The molecule has 0 saturated carbocycles. The smallest absolute Gasteiger partial charge is 0.273 e. The largest absolute Gasteiger partial charge is 0.493 e. The molecule has 1 amide bonds. The predicted octanol–water partition coefficient (Wildman–Crippen LogP) is -0.363. The van der Waals surface area contributed by atoms with Gasteiger partial charge in [-0.3, -0.25) is 9.48 Å². The molecule has 0 atom stereocenters. The van der Waals surface area contributed by atoms with Crippen LogP contribution in [0.25, 0.3) is 0 Å². The van der Waals surface area contributed by atoms with E-state index in [-0.39, 0.29) is 5.69 Å². The predicted molar refractivity (Wildman–Crippen MR) is 49.2 cm³/mol. The number of nitrogens with zero attached hydrogens (tertiary/aromatic N) is 2. The molecule has 0 unspecified atom stereocenters. The zero-order chi connectivity index (χ0) is 10.6. The van der Waals surface area contributed by atoms with Crippen LogP contribution in [0.5, 0.6) is 5.75 Å². The molecule has 6 nitrogen and oxygen atoms in total. The fourth-order valence-corrected chi connectivity index (χ4v) is 1.02. The van der Waals surface area contributed by atoms with Gasteiger partial charge in [0, 0.05) is 7.11 Å². The number of rotatable bonds is 5. The van der Waals surface area contributed by atoms with E-state index in [9.17, 15) is 4.79 Å². The van der Waals surface area contributed by atoms with Crippen molar-refractivity contribution in [2.45, 2.75) is 6.54 Å². The lowest BCUT2D eigenvalue weighted by molar-refractivity contribution is 0.0991. The number of methoxy groups -OCH3 is 2. The molecular formula is C8H13N3O3. The molecule has 0 radical (unpaired) electrons. The van der Waals surface area contributed by atoms with Crippen molar-refractivity contribution < 1.29 is 14.3 Å². The zero-order valence-corrected chi connectivity index (χ0v) is 8.19. The molecule has 0 aromatic carbocycles. The monoisotopic (exact) mass is 199 g/mol. The van der Waals surface area contributed by atoms with Gasteiger partial charge in [0.25, 0.3) is 5.91 Å². The van der Waals surface area contributed by atoms with Gasteiger partial charge in [0.1, 0.15) is 0 Å². The van der Waals surface area contributed by atoms with E-state index in [4.69, 9.17) is 15.2 Å². The van der Waals surface area contributed by atoms with E-state index < -0.39 is 5.91 Å². The van der Waals surface area contributed by atoms with E-state index in [0.29, 0.717) is 18.9 Å². The number of amides is 1. The normalized spacial score (nSPS) is 10.1. The summed E-state index contributed by atoms with van der Waals surface area (Å²) in [6.07, 6.45) is 1.61. The third kappa shape index (κ3) is 2.23. The minimum atomic E-state index is -0.599. The van der Waals surface area contributed by atoms with E-state index in [1.165, 1.54) is 7.11 Å². The molecule has 14 heavy (non-hydrogen) atoms. The molecular weight excluding hydrogens is 186 g/mol. The lowest BCUT2D eigenvalue weighted by atomic mass is 10.4. The number of carbonyl (C=O) groups is 1. The van der Waals surface area contributed by atoms with Crippen LogP contribution in [-0.2, 0) is 11.3 Å². The Kier molecular flexibility index (Phi) is 3.47. The van der Waals surface area contributed by atoms with Gasteiger partial charge in [-0.1, -0.05) is 0 Å². The van der Waals surface area contributed by atoms with Crippen LogP contribution < -0.4 is 10.5 Å². The Morgan fingerprint density at radius 3 is 2.79 bits per heavy atom. The van der Waals surface area contributed by atoms with Gasteiger partial charge >= 0.3 is 0 Å². The standard InChI is InChI=1S/C8H13N3O3/c1-13-4-3-11-5-6(14-2)7(10-11)8(9)12/h5H,3-4H2,1-2H3,(H2,9,12). The van der Waals surface area contributed by atoms with Crippen molar-refractivity contribution in [3.8, 4) is 5.75 Å². The van der Waals surface area contributed by atoms with Crippen LogP contribution in [0.15, 0.2) is 6.20 Å². The zero-order valence-electron chi connectivity index (χ0n) is 8.19.